The van der Waals surface area contributed by atoms with Crippen LogP contribution in [0.5, 0.6) is 0 Å². The van der Waals surface area contributed by atoms with Gasteiger partial charge in [-0.2, -0.15) is 0 Å². The lowest BCUT2D eigenvalue weighted by molar-refractivity contribution is 0.331. The first-order chi connectivity index (χ1) is 9.92. The van der Waals surface area contributed by atoms with Gasteiger partial charge in [-0.3, -0.25) is 4.90 Å². The van der Waals surface area contributed by atoms with Crippen LogP contribution in [0.4, 0.5) is 0 Å². The Hall–Kier alpha value is -0.400. The molecule has 0 bridgehead atoms. The van der Waals surface area contributed by atoms with Gasteiger partial charge < -0.3 is 0 Å². The molecule has 0 amide bonds. The van der Waals surface area contributed by atoms with Crippen molar-refractivity contribution >= 4 is 33.2 Å². The van der Waals surface area contributed by atoms with Crippen LogP contribution in [-0.4, -0.2) is 42.7 Å². The van der Waals surface area contributed by atoms with Crippen molar-refractivity contribution in [3.05, 3.63) is 28.0 Å². The number of pyridine rings is 1. The third-order valence-corrected chi connectivity index (χ3v) is 6.12. The third kappa shape index (κ3) is 4.07. The van der Waals surface area contributed by atoms with Crippen molar-refractivity contribution in [2.45, 2.75) is 37.1 Å². The number of aromatic nitrogens is 1. The summed E-state index contributed by atoms with van der Waals surface area (Å²) in [4.78, 5) is 6.02. The summed E-state index contributed by atoms with van der Waals surface area (Å²) >= 11 is 11.8. The lowest BCUT2D eigenvalue weighted by Gasteiger charge is -2.16. The van der Waals surface area contributed by atoms with Gasteiger partial charge in [-0.05, 0) is 43.5 Å². The molecule has 1 N–H and O–H groups in total. The van der Waals surface area contributed by atoms with Crippen molar-refractivity contribution in [3.8, 4) is 0 Å². The topological polar surface area (TPSA) is 62.3 Å². The van der Waals surface area contributed by atoms with Gasteiger partial charge in [-0.1, -0.05) is 23.2 Å². The average molecular weight is 350 g/mol. The zero-order valence-corrected chi connectivity index (χ0v) is 13.8. The Labute approximate surface area is 134 Å². The molecular weight excluding hydrogens is 333 g/mol. The summed E-state index contributed by atoms with van der Waals surface area (Å²) in [6.07, 6.45) is 2.59. The summed E-state index contributed by atoms with van der Waals surface area (Å²) in [6, 6.07) is 3.69. The van der Waals surface area contributed by atoms with Crippen molar-refractivity contribution in [2.75, 3.05) is 13.1 Å². The fraction of sp³-hybridized carbons (Fsp3) is 0.615. The van der Waals surface area contributed by atoms with E-state index in [2.05, 4.69) is 14.6 Å². The Balaban J connectivity index is 1.61. The van der Waals surface area contributed by atoms with E-state index in [9.17, 15) is 8.42 Å². The van der Waals surface area contributed by atoms with Crippen molar-refractivity contribution in [1.82, 2.24) is 14.6 Å². The number of likely N-dealkylation sites (tertiary alicyclic amines) is 1. The minimum Gasteiger partial charge on any atom is -0.298 e. The molecule has 0 unspecified atom stereocenters. The molecule has 1 aromatic rings. The molecule has 2 fully saturated rings. The highest BCUT2D eigenvalue weighted by atomic mass is 35.5. The van der Waals surface area contributed by atoms with Crippen LogP contribution in [0.2, 0.25) is 10.3 Å². The van der Waals surface area contributed by atoms with Gasteiger partial charge in [0.1, 0.15) is 10.3 Å². The Bertz CT molecular complexity index is 614. The van der Waals surface area contributed by atoms with Gasteiger partial charge in [0.15, 0.2) is 0 Å². The zero-order chi connectivity index (χ0) is 15.0. The standard InChI is InChI=1S/C13H17Cl2N3O2S/c14-12-5-9(6-13(15)16-12)7-18-4-3-11(8-18)21(19,20)17-10-1-2-10/h5-6,10-11,17H,1-4,7-8H2/t11-/m0/s1. The van der Waals surface area contributed by atoms with E-state index in [1.54, 1.807) is 12.1 Å². The summed E-state index contributed by atoms with van der Waals surface area (Å²) in [5.74, 6) is 0. The summed E-state index contributed by atoms with van der Waals surface area (Å²) in [6.45, 7) is 1.94. The van der Waals surface area contributed by atoms with Gasteiger partial charge in [0.05, 0.1) is 5.25 Å². The normalized spacial score (nSPS) is 23.6. The molecule has 0 radical (unpaired) electrons. The number of nitrogens with zero attached hydrogens (tertiary/aromatic N) is 2. The van der Waals surface area contributed by atoms with E-state index < -0.39 is 10.0 Å². The highest BCUT2D eigenvalue weighted by Crippen LogP contribution is 2.25. The molecule has 8 heteroatoms. The maximum atomic E-state index is 12.2. The number of hydrogen-bond donors (Lipinski definition) is 1. The Morgan fingerprint density at radius 2 is 1.90 bits per heavy atom. The summed E-state index contributed by atoms with van der Waals surface area (Å²) in [7, 11) is -3.19. The van der Waals surface area contributed by atoms with Crippen molar-refractivity contribution in [2.24, 2.45) is 0 Å². The molecule has 2 heterocycles. The molecule has 116 valence electrons. The zero-order valence-electron chi connectivity index (χ0n) is 11.4. The molecule has 1 aliphatic carbocycles. The second-order valence-corrected chi connectivity index (χ2v) is 8.47. The summed E-state index contributed by atoms with van der Waals surface area (Å²) in [5.41, 5.74) is 0.952. The minimum atomic E-state index is -3.19. The number of sulfonamides is 1. The first-order valence-corrected chi connectivity index (χ1v) is 9.28. The molecule has 1 saturated carbocycles. The molecule has 0 spiro atoms. The quantitative estimate of drug-likeness (QED) is 0.826. The van der Waals surface area contributed by atoms with E-state index in [1.807, 2.05) is 0 Å². The van der Waals surface area contributed by atoms with Crippen LogP contribution in [-0.2, 0) is 16.6 Å². The molecule has 1 aromatic heterocycles. The Morgan fingerprint density at radius 3 is 2.52 bits per heavy atom. The van der Waals surface area contributed by atoms with Crippen molar-refractivity contribution < 1.29 is 8.42 Å². The van der Waals surface area contributed by atoms with E-state index in [4.69, 9.17) is 23.2 Å². The van der Waals surface area contributed by atoms with Crippen LogP contribution in [0, 0.1) is 0 Å². The second kappa shape index (κ2) is 6.01. The van der Waals surface area contributed by atoms with Crippen molar-refractivity contribution in [3.63, 3.8) is 0 Å². The van der Waals surface area contributed by atoms with Crippen LogP contribution < -0.4 is 4.72 Å². The number of hydrogen-bond acceptors (Lipinski definition) is 4. The number of nitrogens with one attached hydrogen (secondary N) is 1. The summed E-state index contributed by atoms with van der Waals surface area (Å²) in [5, 5.41) is 0.387. The van der Waals surface area contributed by atoms with Gasteiger partial charge in [0, 0.05) is 19.1 Å². The lowest BCUT2D eigenvalue weighted by Crippen LogP contribution is -2.37. The van der Waals surface area contributed by atoms with E-state index in [-0.39, 0.29) is 11.3 Å². The van der Waals surface area contributed by atoms with Gasteiger partial charge >= 0.3 is 0 Å². The van der Waals surface area contributed by atoms with Gasteiger partial charge in [-0.25, -0.2) is 18.1 Å². The van der Waals surface area contributed by atoms with E-state index in [0.717, 1.165) is 24.9 Å². The fourth-order valence-corrected chi connectivity index (χ4v) is 4.81. The van der Waals surface area contributed by atoms with Crippen LogP contribution in [0.25, 0.3) is 0 Å². The Kier molecular flexibility index (Phi) is 4.43. The average Bonchev–Trinajstić information content (AvgIpc) is 3.02. The Morgan fingerprint density at radius 1 is 1.24 bits per heavy atom. The molecule has 5 nitrogen and oxygen atoms in total. The van der Waals surface area contributed by atoms with Gasteiger partial charge in [-0.15, -0.1) is 0 Å². The van der Waals surface area contributed by atoms with Crippen LogP contribution in [0.1, 0.15) is 24.8 Å². The van der Waals surface area contributed by atoms with E-state index in [0.29, 0.717) is 29.8 Å². The van der Waals surface area contributed by atoms with Gasteiger partial charge in [0.25, 0.3) is 0 Å². The maximum Gasteiger partial charge on any atom is 0.216 e. The first-order valence-electron chi connectivity index (χ1n) is 6.98. The van der Waals surface area contributed by atoms with Gasteiger partial charge in [0.2, 0.25) is 10.0 Å². The minimum absolute atomic E-state index is 0.168. The number of rotatable bonds is 5. The van der Waals surface area contributed by atoms with Crippen LogP contribution in [0.15, 0.2) is 12.1 Å². The first kappa shape index (κ1) is 15.5. The van der Waals surface area contributed by atoms with Crippen LogP contribution >= 0.6 is 23.2 Å². The molecule has 3 rings (SSSR count). The SMILES string of the molecule is O=S(=O)(NC1CC1)[C@H]1CCN(Cc2cc(Cl)nc(Cl)c2)C1. The molecule has 21 heavy (non-hydrogen) atoms. The van der Waals surface area contributed by atoms with E-state index >= 15 is 0 Å². The molecule has 1 atom stereocenters. The second-order valence-electron chi connectivity index (χ2n) is 5.70. The number of halogens is 2. The maximum absolute atomic E-state index is 12.2. The molecular formula is C13H17Cl2N3O2S. The fourth-order valence-electron chi connectivity index (χ4n) is 2.59. The smallest absolute Gasteiger partial charge is 0.216 e. The predicted molar refractivity (Wildman–Crippen MR) is 83.0 cm³/mol. The van der Waals surface area contributed by atoms with Crippen molar-refractivity contribution in [1.29, 1.82) is 0 Å². The predicted octanol–water partition coefficient (Wildman–Crippen LogP) is 2.04. The monoisotopic (exact) mass is 349 g/mol. The highest BCUT2D eigenvalue weighted by molar-refractivity contribution is 7.90. The lowest BCUT2D eigenvalue weighted by atomic mass is 10.2. The van der Waals surface area contributed by atoms with E-state index in [1.165, 1.54) is 0 Å². The third-order valence-electron chi connectivity index (χ3n) is 3.81. The summed E-state index contributed by atoms with van der Waals surface area (Å²) < 4.78 is 27.2. The molecule has 1 aliphatic heterocycles. The highest BCUT2D eigenvalue weighted by Gasteiger charge is 2.36. The molecule has 0 aromatic carbocycles. The van der Waals surface area contributed by atoms with Crippen LogP contribution in [0.3, 0.4) is 0 Å². The largest absolute Gasteiger partial charge is 0.298 e. The molecule has 2 aliphatic rings. The molecule has 1 saturated heterocycles.